The quantitative estimate of drug-likeness (QED) is 0.699. The van der Waals surface area contributed by atoms with Gasteiger partial charge in [-0.1, -0.05) is 38.4 Å². The van der Waals surface area contributed by atoms with E-state index in [-0.39, 0.29) is 11.0 Å². The highest BCUT2D eigenvalue weighted by Crippen LogP contribution is 2.27. The van der Waals surface area contributed by atoms with Crippen molar-refractivity contribution < 1.29 is 0 Å². The van der Waals surface area contributed by atoms with E-state index in [1.165, 1.54) is 6.08 Å². The topological polar surface area (TPSA) is 47.6 Å². The zero-order chi connectivity index (χ0) is 13.1. The van der Waals surface area contributed by atoms with E-state index in [4.69, 9.17) is 22.1 Å². The number of nitriles is 2. The first-order valence-corrected chi connectivity index (χ1v) is 5.58. The summed E-state index contributed by atoms with van der Waals surface area (Å²) < 4.78 is 0. The molecule has 1 aromatic rings. The summed E-state index contributed by atoms with van der Waals surface area (Å²) in [4.78, 5) is 0. The second kappa shape index (κ2) is 5.04. The van der Waals surface area contributed by atoms with Gasteiger partial charge in [-0.2, -0.15) is 10.5 Å². The molecule has 3 heteroatoms. The summed E-state index contributed by atoms with van der Waals surface area (Å²) in [6, 6.07) is 9.32. The Balaban J connectivity index is 3.32. The molecule has 2 nitrogen and oxygen atoms in total. The third-order valence-electron chi connectivity index (χ3n) is 2.40. The molecule has 1 rings (SSSR count). The van der Waals surface area contributed by atoms with Crippen molar-refractivity contribution in [1.29, 1.82) is 10.5 Å². The van der Waals surface area contributed by atoms with Crippen LogP contribution in [-0.2, 0) is 5.41 Å². The second-order valence-electron chi connectivity index (χ2n) is 4.77. The molecule has 86 valence electrons. The molecule has 0 spiro atoms. The van der Waals surface area contributed by atoms with Crippen LogP contribution in [0.25, 0.3) is 6.08 Å². The fourth-order valence-corrected chi connectivity index (χ4v) is 1.54. The number of nitrogens with zero attached hydrogens (tertiary/aromatic N) is 2. The van der Waals surface area contributed by atoms with Gasteiger partial charge in [-0.05, 0) is 34.8 Å². The van der Waals surface area contributed by atoms with E-state index in [9.17, 15) is 0 Å². The van der Waals surface area contributed by atoms with Crippen LogP contribution in [0, 0.1) is 22.7 Å². The van der Waals surface area contributed by atoms with Crippen LogP contribution >= 0.6 is 11.6 Å². The Morgan fingerprint density at radius 2 is 1.82 bits per heavy atom. The van der Waals surface area contributed by atoms with E-state index < -0.39 is 0 Å². The number of halogens is 1. The summed E-state index contributed by atoms with van der Waals surface area (Å²) in [5.74, 6) is 0. The minimum absolute atomic E-state index is 0.00658. The number of benzene rings is 1. The van der Waals surface area contributed by atoms with Crippen molar-refractivity contribution in [3.8, 4) is 12.1 Å². The molecule has 0 N–H and O–H groups in total. The van der Waals surface area contributed by atoms with Crippen LogP contribution in [0.4, 0.5) is 0 Å². The Kier molecular flexibility index (Phi) is 3.94. The molecular formula is C14H13ClN2. The first-order chi connectivity index (χ1) is 7.88. The van der Waals surface area contributed by atoms with Crippen LogP contribution in [0.15, 0.2) is 23.8 Å². The maximum atomic E-state index is 8.72. The Morgan fingerprint density at radius 3 is 2.29 bits per heavy atom. The summed E-state index contributed by atoms with van der Waals surface area (Å²) >= 11 is 6.04. The Bertz CT molecular complexity index is 521. The van der Waals surface area contributed by atoms with Gasteiger partial charge in [-0.15, -0.1) is 0 Å². The minimum Gasteiger partial charge on any atom is -0.192 e. The van der Waals surface area contributed by atoms with Gasteiger partial charge in [0.05, 0.1) is 0 Å². The number of rotatable bonds is 1. The third kappa shape index (κ3) is 3.34. The van der Waals surface area contributed by atoms with Crippen molar-refractivity contribution in [2.75, 3.05) is 0 Å². The van der Waals surface area contributed by atoms with E-state index in [1.807, 2.05) is 24.3 Å². The number of allylic oxidation sites excluding steroid dienone is 1. The predicted octanol–water partition coefficient (Wildman–Crippen LogP) is 4.07. The van der Waals surface area contributed by atoms with Gasteiger partial charge in [-0.3, -0.25) is 0 Å². The first-order valence-electron chi connectivity index (χ1n) is 5.20. The van der Waals surface area contributed by atoms with Gasteiger partial charge in [0.1, 0.15) is 17.7 Å². The van der Waals surface area contributed by atoms with Crippen LogP contribution < -0.4 is 0 Å². The largest absolute Gasteiger partial charge is 0.192 e. The zero-order valence-corrected chi connectivity index (χ0v) is 10.8. The van der Waals surface area contributed by atoms with Gasteiger partial charge >= 0.3 is 0 Å². The fourth-order valence-electron chi connectivity index (χ4n) is 1.37. The highest BCUT2D eigenvalue weighted by atomic mass is 35.5. The molecule has 1 aromatic carbocycles. The first kappa shape index (κ1) is 13.3. The summed E-state index contributed by atoms with van der Waals surface area (Å²) in [7, 11) is 0. The highest BCUT2D eigenvalue weighted by molar-refractivity contribution is 6.32. The van der Waals surface area contributed by atoms with Crippen molar-refractivity contribution >= 4 is 17.7 Å². The predicted molar refractivity (Wildman–Crippen MR) is 69.4 cm³/mol. The summed E-state index contributed by atoms with van der Waals surface area (Å²) in [5, 5.41) is 18.0. The SMILES string of the molecule is CC(C)(C)c1ccc(Cl)c(C=C(C#N)C#N)c1. The van der Waals surface area contributed by atoms with E-state index in [1.54, 1.807) is 6.07 Å². The van der Waals surface area contributed by atoms with E-state index in [2.05, 4.69) is 20.8 Å². The van der Waals surface area contributed by atoms with E-state index >= 15 is 0 Å². The minimum atomic E-state index is 0.00658. The van der Waals surface area contributed by atoms with Crippen molar-refractivity contribution in [1.82, 2.24) is 0 Å². The zero-order valence-electron chi connectivity index (χ0n) is 10.1. The van der Waals surface area contributed by atoms with Crippen LogP contribution in [0.5, 0.6) is 0 Å². The molecule has 0 aromatic heterocycles. The monoisotopic (exact) mass is 244 g/mol. The fraction of sp³-hybridized carbons (Fsp3) is 0.286. The van der Waals surface area contributed by atoms with Gasteiger partial charge in [0, 0.05) is 5.02 Å². The maximum absolute atomic E-state index is 8.72. The van der Waals surface area contributed by atoms with Crippen LogP contribution in [0.2, 0.25) is 5.02 Å². The standard InChI is InChI=1S/C14H13ClN2/c1-14(2,3)12-4-5-13(15)11(7-12)6-10(8-16)9-17/h4-7H,1-3H3. The molecule has 0 heterocycles. The third-order valence-corrected chi connectivity index (χ3v) is 2.75. The van der Waals surface area contributed by atoms with Crippen molar-refractivity contribution in [2.24, 2.45) is 0 Å². The molecule has 0 radical (unpaired) electrons. The molecule has 0 fully saturated rings. The molecule has 0 aliphatic rings. The lowest BCUT2D eigenvalue weighted by Gasteiger charge is -2.19. The molecule has 0 saturated carbocycles. The van der Waals surface area contributed by atoms with Gasteiger partial charge in [-0.25, -0.2) is 0 Å². The highest BCUT2D eigenvalue weighted by Gasteiger charge is 2.14. The Hall–Kier alpha value is -1.77. The van der Waals surface area contributed by atoms with Gasteiger partial charge in [0.25, 0.3) is 0 Å². The lowest BCUT2D eigenvalue weighted by Crippen LogP contribution is -2.10. The smallest absolute Gasteiger partial charge is 0.130 e. The van der Waals surface area contributed by atoms with Crippen molar-refractivity contribution in [3.05, 3.63) is 39.9 Å². The second-order valence-corrected chi connectivity index (χ2v) is 5.18. The molecule has 0 bridgehead atoms. The number of hydrogen-bond donors (Lipinski definition) is 0. The van der Waals surface area contributed by atoms with E-state index in [0.717, 1.165) is 5.56 Å². The molecule has 17 heavy (non-hydrogen) atoms. The molecule has 0 aliphatic carbocycles. The normalized spacial score (nSPS) is 10.2. The lowest BCUT2D eigenvalue weighted by atomic mass is 9.86. The molecular weight excluding hydrogens is 232 g/mol. The average Bonchev–Trinajstić information content (AvgIpc) is 2.26. The van der Waals surface area contributed by atoms with Gasteiger partial charge in [0.2, 0.25) is 0 Å². The van der Waals surface area contributed by atoms with Crippen LogP contribution in [0.3, 0.4) is 0 Å². The molecule has 0 amide bonds. The molecule has 0 aliphatic heterocycles. The van der Waals surface area contributed by atoms with Gasteiger partial charge < -0.3 is 0 Å². The van der Waals surface area contributed by atoms with Crippen LogP contribution in [-0.4, -0.2) is 0 Å². The Labute approximate surface area is 107 Å². The maximum Gasteiger partial charge on any atom is 0.130 e. The molecule has 0 saturated heterocycles. The molecule has 0 atom stereocenters. The summed E-state index contributed by atoms with van der Waals surface area (Å²) in [5.41, 5.74) is 1.88. The van der Waals surface area contributed by atoms with Gasteiger partial charge in [0.15, 0.2) is 0 Å². The number of hydrogen-bond acceptors (Lipinski definition) is 2. The average molecular weight is 245 g/mol. The molecule has 0 unspecified atom stereocenters. The lowest BCUT2D eigenvalue weighted by molar-refractivity contribution is 0.590. The van der Waals surface area contributed by atoms with E-state index in [0.29, 0.717) is 10.6 Å². The van der Waals surface area contributed by atoms with Crippen molar-refractivity contribution in [3.63, 3.8) is 0 Å². The van der Waals surface area contributed by atoms with Crippen LogP contribution in [0.1, 0.15) is 31.9 Å². The summed E-state index contributed by atoms with van der Waals surface area (Å²) in [6.45, 7) is 6.29. The summed E-state index contributed by atoms with van der Waals surface area (Å²) in [6.07, 6.45) is 1.51. The van der Waals surface area contributed by atoms with Crippen molar-refractivity contribution in [2.45, 2.75) is 26.2 Å². The Morgan fingerprint density at radius 1 is 1.24 bits per heavy atom.